The number of nitrogens with zero attached hydrogens (tertiary/aromatic N) is 2. The van der Waals surface area contributed by atoms with E-state index in [9.17, 15) is 0 Å². The molecule has 12 rings (SSSR count). The summed E-state index contributed by atoms with van der Waals surface area (Å²) in [5, 5.41) is 2.52. The SMILES string of the molecule is c1ccc(-c2cc(-c3ccc4c(c3)-c3ccccc3C4(c3ccccc3)c3ccccc3)cc(-c3cc(-c4ccc5sc6ccccc6c5c4)nc(-c4ccccc4)n3)c2)cc1. The first-order chi connectivity index (χ1) is 30.7. The first kappa shape index (κ1) is 36.2. The standard InChI is InChI=1S/C59H38N2S/c1-5-17-39(18-6-1)43-33-44(41-29-31-53-50(36-41)48-25-13-15-27-52(48)59(53,46-21-9-3-10-22-46)47-23-11-4-12-24-47)35-45(34-43)55-38-54(60-58(61-55)40-19-7-2-8-20-40)42-30-32-57-51(37-42)49-26-14-16-28-56(49)62-57/h1-38H. The van der Waals surface area contributed by atoms with E-state index in [1.807, 2.05) is 17.4 Å². The molecular weight excluding hydrogens is 769 g/mol. The van der Waals surface area contributed by atoms with Crippen LogP contribution < -0.4 is 0 Å². The van der Waals surface area contributed by atoms with E-state index in [0.717, 1.165) is 50.3 Å². The molecule has 0 atom stereocenters. The Morgan fingerprint density at radius 1 is 0.306 bits per heavy atom. The van der Waals surface area contributed by atoms with Crippen LogP contribution in [0.3, 0.4) is 0 Å². The second-order valence-electron chi connectivity index (χ2n) is 16.1. The molecule has 290 valence electrons. The van der Waals surface area contributed by atoms with Gasteiger partial charge in [0.15, 0.2) is 5.82 Å². The summed E-state index contributed by atoms with van der Waals surface area (Å²) in [5.41, 5.74) is 16.6. The number of hydrogen-bond donors (Lipinski definition) is 0. The molecule has 0 amide bonds. The predicted molar refractivity (Wildman–Crippen MR) is 259 cm³/mol. The summed E-state index contributed by atoms with van der Waals surface area (Å²) >= 11 is 1.83. The largest absolute Gasteiger partial charge is 0.228 e. The summed E-state index contributed by atoms with van der Waals surface area (Å²) in [6, 6.07) is 83.6. The van der Waals surface area contributed by atoms with Gasteiger partial charge in [0.05, 0.1) is 16.8 Å². The molecule has 3 heteroatoms. The average Bonchev–Trinajstić information content (AvgIpc) is 3.88. The van der Waals surface area contributed by atoms with Gasteiger partial charge in [-0.05, 0) is 104 Å². The van der Waals surface area contributed by atoms with E-state index < -0.39 is 5.41 Å². The van der Waals surface area contributed by atoms with E-state index in [2.05, 4.69) is 224 Å². The first-order valence-corrected chi connectivity index (χ1v) is 22.0. The molecule has 0 saturated heterocycles. The highest BCUT2D eigenvalue weighted by molar-refractivity contribution is 7.25. The van der Waals surface area contributed by atoms with Gasteiger partial charge in [-0.1, -0.05) is 182 Å². The van der Waals surface area contributed by atoms with Crippen LogP contribution in [0.2, 0.25) is 0 Å². The average molecular weight is 807 g/mol. The zero-order valence-corrected chi connectivity index (χ0v) is 34.6. The molecule has 1 aliphatic rings. The van der Waals surface area contributed by atoms with E-state index in [1.165, 1.54) is 53.6 Å². The van der Waals surface area contributed by atoms with Crippen molar-refractivity contribution in [3.8, 4) is 67.3 Å². The lowest BCUT2D eigenvalue weighted by Gasteiger charge is -2.33. The van der Waals surface area contributed by atoms with Crippen LogP contribution in [0.5, 0.6) is 0 Å². The Morgan fingerprint density at radius 2 is 0.839 bits per heavy atom. The molecule has 11 aromatic rings. The molecule has 62 heavy (non-hydrogen) atoms. The van der Waals surface area contributed by atoms with Crippen LogP contribution in [0.4, 0.5) is 0 Å². The van der Waals surface area contributed by atoms with Crippen molar-refractivity contribution in [3.63, 3.8) is 0 Å². The fourth-order valence-electron chi connectivity index (χ4n) is 9.71. The van der Waals surface area contributed by atoms with E-state index in [0.29, 0.717) is 5.82 Å². The van der Waals surface area contributed by atoms with Gasteiger partial charge in [-0.2, -0.15) is 0 Å². The number of thiophene rings is 1. The molecule has 0 spiro atoms. The fraction of sp³-hybridized carbons (Fsp3) is 0.0169. The van der Waals surface area contributed by atoms with Crippen LogP contribution in [-0.4, -0.2) is 9.97 Å². The fourth-order valence-corrected chi connectivity index (χ4v) is 10.8. The van der Waals surface area contributed by atoms with Crippen LogP contribution in [0.1, 0.15) is 22.3 Å². The molecule has 0 N–H and O–H groups in total. The number of rotatable bonds is 7. The molecule has 1 aliphatic carbocycles. The molecule has 0 fully saturated rings. The van der Waals surface area contributed by atoms with Crippen molar-refractivity contribution in [3.05, 3.63) is 253 Å². The third-order valence-electron chi connectivity index (χ3n) is 12.6. The van der Waals surface area contributed by atoms with Gasteiger partial charge in [0.1, 0.15) is 0 Å². The van der Waals surface area contributed by atoms with Crippen LogP contribution in [0.25, 0.3) is 87.5 Å². The maximum absolute atomic E-state index is 5.34. The Labute approximate surface area is 365 Å². The topological polar surface area (TPSA) is 25.8 Å². The molecule has 2 nitrogen and oxygen atoms in total. The molecule has 0 aliphatic heterocycles. The van der Waals surface area contributed by atoms with Crippen molar-refractivity contribution in [2.24, 2.45) is 0 Å². The highest BCUT2D eigenvalue weighted by Gasteiger charge is 2.46. The van der Waals surface area contributed by atoms with E-state index in [-0.39, 0.29) is 0 Å². The summed E-state index contributed by atoms with van der Waals surface area (Å²) in [6.45, 7) is 0. The monoisotopic (exact) mass is 806 g/mol. The molecule has 2 heterocycles. The summed E-state index contributed by atoms with van der Waals surface area (Å²) < 4.78 is 2.56. The normalized spacial score (nSPS) is 12.6. The first-order valence-electron chi connectivity index (χ1n) is 21.1. The third kappa shape index (κ3) is 5.93. The lowest BCUT2D eigenvalue weighted by Crippen LogP contribution is -2.28. The second-order valence-corrected chi connectivity index (χ2v) is 17.2. The molecule has 2 aromatic heterocycles. The van der Waals surface area contributed by atoms with Gasteiger partial charge in [0, 0.05) is 36.9 Å². The van der Waals surface area contributed by atoms with Gasteiger partial charge in [0.2, 0.25) is 0 Å². The highest BCUT2D eigenvalue weighted by Crippen LogP contribution is 2.56. The zero-order chi connectivity index (χ0) is 41.0. The zero-order valence-electron chi connectivity index (χ0n) is 33.7. The molecule has 0 radical (unpaired) electrons. The van der Waals surface area contributed by atoms with E-state index in [1.54, 1.807) is 0 Å². The Balaban J connectivity index is 1.07. The molecular formula is C59H38N2S. The van der Waals surface area contributed by atoms with Gasteiger partial charge >= 0.3 is 0 Å². The number of hydrogen-bond acceptors (Lipinski definition) is 3. The number of benzene rings is 9. The van der Waals surface area contributed by atoms with Crippen molar-refractivity contribution < 1.29 is 0 Å². The summed E-state index contributed by atoms with van der Waals surface area (Å²) in [6.07, 6.45) is 0. The van der Waals surface area contributed by atoms with Crippen LogP contribution in [-0.2, 0) is 5.41 Å². The van der Waals surface area contributed by atoms with Crippen molar-refractivity contribution in [2.45, 2.75) is 5.41 Å². The number of fused-ring (bicyclic) bond motifs is 6. The lowest BCUT2D eigenvalue weighted by molar-refractivity contribution is 0.768. The smallest absolute Gasteiger partial charge is 0.160 e. The minimum atomic E-state index is -0.451. The maximum atomic E-state index is 5.34. The van der Waals surface area contributed by atoms with Crippen molar-refractivity contribution in [1.29, 1.82) is 0 Å². The maximum Gasteiger partial charge on any atom is 0.160 e. The Bertz CT molecular complexity index is 3410. The third-order valence-corrected chi connectivity index (χ3v) is 13.7. The van der Waals surface area contributed by atoms with Crippen LogP contribution >= 0.6 is 11.3 Å². The minimum Gasteiger partial charge on any atom is -0.228 e. The Kier molecular flexibility index (Phi) is 8.62. The van der Waals surface area contributed by atoms with Gasteiger partial charge < -0.3 is 0 Å². The van der Waals surface area contributed by atoms with E-state index in [4.69, 9.17) is 9.97 Å². The van der Waals surface area contributed by atoms with Crippen molar-refractivity contribution in [2.75, 3.05) is 0 Å². The van der Waals surface area contributed by atoms with Gasteiger partial charge in [0.25, 0.3) is 0 Å². The van der Waals surface area contributed by atoms with Gasteiger partial charge in [-0.25, -0.2) is 9.97 Å². The predicted octanol–water partition coefficient (Wildman–Crippen LogP) is 15.5. The Morgan fingerprint density at radius 3 is 1.56 bits per heavy atom. The highest BCUT2D eigenvalue weighted by atomic mass is 32.1. The molecule has 0 unspecified atom stereocenters. The lowest BCUT2D eigenvalue weighted by atomic mass is 9.67. The second kappa shape index (κ2) is 14.8. The van der Waals surface area contributed by atoms with Gasteiger partial charge in [-0.15, -0.1) is 11.3 Å². The quantitative estimate of drug-likeness (QED) is 0.160. The van der Waals surface area contributed by atoms with Gasteiger partial charge in [-0.3, -0.25) is 0 Å². The summed E-state index contributed by atoms with van der Waals surface area (Å²) in [4.78, 5) is 10.6. The van der Waals surface area contributed by atoms with Crippen molar-refractivity contribution in [1.82, 2.24) is 9.97 Å². The summed E-state index contributed by atoms with van der Waals surface area (Å²) in [7, 11) is 0. The summed E-state index contributed by atoms with van der Waals surface area (Å²) in [5.74, 6) is 0.701. The minimum absolute atomic E-state index is 0.451. The van der Waals surface area contributed by atoms with Crippen molar-refractivity contribution >= 4 is 31.5 Å². The molecule has 9 aromatic carbocycles. The Hall–Kier alpha value is -7.72. The van der Waals surface area contributed by atoms with Crippen LogP contribution in [0, 0.1) is 0 Å². The van der Waals surface area contributed by atoms with E-state index >= 15 is 0 Å². The number of aromatic nitrogens is 2. The van der Waals surface area contributed by atoms with Crippen LogP contribution in [0.15, 0.2) is 231 Å². The molecule has 0 bridgehead atoms. The molecule has 0 saturated carbocycles.